The Labute approximate surface area is 128 Å². The monoisotopic (exact) mass is 301 g/mol. The number of hydrogen-bond acceptors (Lipinski definition) is 4. The normalized spacial score (nSPS) is 15.2. The largest absolute Gasteiger partial charge is 0.370 e. The van der Waals surface area contributed by atoms with Gasteiger partial charge in [-0.2, -0.15) is 4.99 Å². The molecule has 1 aromatic heterocycles. The van der Waals surface area contributed by atoms with E-state index in [2.05, 4.69) is 45.2 Å². The summed E-state index contributed by atoms with van der Waals surface area (Å²) in [6.45, 7) is 2.98. The van der Waals surface area contributed by atoms with Crippen molar-refractivity contribution < 1.29 is 0 Å². The third kappa shape index (κ3) is 3.59. The van der Waals surface area contributed by atoms with Gasteiger partial charge in [-0.15, -0.1) is 0 Å². The highest BCUT2D eigenvalue weighted by molar-refractivity contribution is 7.15. The van der Waals surface area contributed by atoms with Gasteiger partial charge in [0.1, 0.15) is 0 Å². The van der Waals surface area contributed by atoms with Crippen LogP contribution in [0.1, 0.15) is 22.6 Å². The minimum absolute atomic E-state index is 0.0695. The second-order valence-corrected chi connectivity index (χ2v) is 6.26. The predicted octanol–water partition coefficient (Wildman–Crippen LogP) is 2.00. The molecule has 1 aliphatic rings. The van der Waals surface area contributed by atoms with Crippen molar-refractivity contribution in [2.45, 2.75) is 25.9 Å². The van der Waals surface area contributed by atoms with Gasteiger partial charge in [-0.25, -0.2) is 4.98 Å². The van der Waals surface area contributed by atoms with E-state index in [1.165, 1.54) is 10.4 Å². The van der Waals surface area contributed by atoms with E-state index in [0.717, 1.165) is 38.2 Å². The van der Waals surface area contributed by atoms with Gasteiger partial charge in [0.05, 0.1) is 5.69 Å². The maximum atomic E-state index is 5.43. The molecule has 3 rings (SSSR count). The van der Waals surface area contributed by atoms with Crippen LogP contribution in [0.5, 0.6) is 0 Å². The molecule has 0 amide bonds. The van der Waals surface area contributed by atoms with Crippen LogP contribution in [0.3, 0.4) is 0 Å². The first-order valence-electron chi connectivity index (χ1n) is 7.05. The van der Waals surface area contributed by atoms with Gasteiger partial charge in [0.15, 0.2) is 5.96 Å². The summed E-state index contributed by atoms with van der Waals surface area (Å²) in [5, 5.41) is 0.668. The van der Waals surface area contributed by atoms with Crippen LogP contribution in [0.2, 0.25) is 0 Å². The first-order chi connectivity index (χ1) is 10.2. The lowest BCUT2D eigenvalue weighted by atomic mass is 10.2. The fourth-order valence-corrected chi connectivity index (χ4v) is 3.62. The standard InChI is InChI=1S/C15H19N5S/c16-14(17)19-15-18-12-7-4-8-20(10-13(12)21-15)9-11-5-2-1-3-6-11/h1-3,5-6H,4,7-10H2,(H4,16,17,18,19). The van der Waals surface area contributed by atoms with Crippen LogP contribution in [0, 0.1) is 0 Å². The van der Waals surface area contributed by atoms with Crippen molar-refractivity contribution in [3.63, 3.8) is 0 Å². The fraction of sp³-hybridized carbons (Fsp3) is 0.333. The van der Waals surface area contributed by atoms with Crippen LogP contribution in [-0.2, 0) is 19.5 Å². The number of nitrogens with two attached hydrogens (primary N) is 2. The fourth-order valence-electron chi connectivity index (χ4n) is 2.58. The summed E-state index contributed by atoms with van der Waals surface area (Å²) in [7, 11) is 0. The van der Waals surface area contributed by atoms with Crippen molar-refractivity contribution in [1.29, 1.82) is 0 Å². The summed E-state index contributed by atoms with van der Waals surface area (Å²) >= 11 is 1.59. The number of thiazole rings is 1. The number of aryl methyl sites for hydroxylation is 1. The minimum Gasteiger partial charge on any atom is -0.370 e. The Hall–Kier alpha value is -1.92. The molecule has 2 heterocycles. The zero-order valence-corrected chi connectivity index (χ0v) is 12.6. The predicted molar refractivity (Wildman–Crippen MR) is 86.5 cm³/mol. The van der Waals surface area contributed by atoms with E-state index in [-0.39, 0.29) is 5.96 Å². The van der Waals surface area contributed by atoms with Crippen molar-refractivity contribution in [2.24, 2.45) is 16.5 Å². The second kappa shape index (κ2) is 6.24. The van der Waals surface area contributed by atoms with Crippen LogP contribution in [0.25, 0.3) is 0 Å². The first-order valence-corrected chi connectivity index (χ1v) is 7.87. The van der Waals surface area contributed by atoms with Crippen LogP contribution < -0.4 is 11.5 Å². The number of fused-ring (bicyclic) bond motifs is 1. The number of benzene rings is 1. The van der Waals surface area contributed by atoms with E-state index < -0.39 is 0 Å². The van der Waals surface area contributed by atoms with Gasteiger partial charge >= 0.3 is 0 Å². The molecule has 0 aliphatic carbocycles. The van der Waals surface area contributed by atoms with Crippen molar-refractivity contribution >= 4 is 22.4 Å². The average Bonchev–Trinajstić information content (AvgIpc) is 2.71. The van der Waals surface area contributed by atoms with E-state index in [0.29, 0.717) is 5.13 Å². The Morgan fingerprint density at radius 1 is 1.29 bits per heavy atom. The minimum atomic E-state index is 0.0695. The van der Waals surface area contributed by atoms with Gasteiger partial charge < -0.3 is 11.5 Å². The summed E-state index contributed by atoms with van der Waals surface area (Å²) in [5.41, 5.74) is 13.3. The highest BCUT2D eigenvalue weighted by atomic mass is 32.1. The maximum absolute atomic E-state index is 5.43. The number of hydrogen-bond donors (Lipinski definition) is 2. The molecular weight excluding hydrogens is 282 g/mol. The molecule has 0 fully saturated rings. The summed E-state index contributed by atoms with van der Waals surface area (Å²) in [6.07, 6.45) is 2.11. The van der Waals surface area contributed by atoms with Crippen molar-refractivity contribution in [1.82, 2.24) is 9.88 Å². The Morgan fingerprint density at radius 3 is 2.86 bits per heavy atom. The molecule has 0 spiro atoms. The Morgan fingerprint density at radius 2 is 2.10 bits per heavy atom. The smallest absolute Gasteiger partial charge is 0.212 e. The molecule has 0 unspecified atom stereocenters. The number of nitrogens with zero attached hydrogens (tertiary/aromatic N) is 3. The Bertz CT molecular complexity index is 631. The third-order valence-corrected chi connectivity index (χ3v) is 4.47. The molecule has 110 valence electrons. The van der Waals surface area contributed by atoms with Crippen LogP contribution >= 0.6 is 11.3 Å². The summed E-state index contributed by atoms with van der Waals surface area (Å²) in [4.78, 5) is 12.3. The zero-order chi connectivity index (χ0) is 14.7. The van der Waals surface area contributed by atoms with Crippen molar-refractivity contribution in [3.05, 3.63) is 46.5 Å². The molecule has 0 bridgehead atoms. The lowest BCUT2D eigenvalue weighted by Gasteiger charge is -2.19. The molecule has 21 heavy (non-hydrogen) atoms. The highest BCUT2D eigenvalue weighted by Gasteiger charge is 2.18. The molecule has 4 N–H and O–H groups in total. The summed E-state index contributed by atoms with van der Waals surface area (Å²) < 4.78 is 0. The molecule has 6 heteroatoms. The van der Waals surface area contributed by atoms with Crippen LogP contribution in [0.15, 0.2) is 35.3 Å². The van der Waals surface area contributed by atoms with Crippen LogP contribution in [-0.4, -0.2) is 22.4 Å². The molecule has 0 saturated carbocycles. The molecule has 0 saturated heterocycles. The van der Waals surface area contributed by atoms with E-state index >= 15 is 0 Å². The lowest BCUT2D eigenvalue weighted by Crippen LogP contribution is -2.22. The summed E-state index contributed by atoms with van der Waals surface area (Å²) in [6, 6.07) is 10.6. The number of aliphatic imine (C=N–C) groups is 1. The number of aromatic nitrogens is 1. The Balaban J connectivity index is 1.76. The Kier molecular flexibility index (Phi) is 4.17. The quantitative estimate of drug-likeness (QED) is 0.671. The van der Waals surface area contributed by atoms with Crippen LogP contribution in [0.4, 0.5) is 5.13 Å². The van der Waals surface area contributed by atoms with Gasteiger partial charge in [-0.1, -0.05) is 41.7 Å². The summed E-state index contributed by atoms with van der Waals surface area (Å²) in [5.74, 6) is 0.0695. The molecule has 0 radical (unpaired) electrons. The van der Waals surface area contributed by atoms with Gasteiger partial charge in [0.2, 0.25) is 5.13 Å². The molecule has 1 aliphatic heterocycles. The van der Waals surface area contributed by atoms with E-state index in [1.54, 1.807) is 11.3 Å². The average molecular weight is 301 g/mol. The highest BCUT2D eigenvalue weighted by Crippen LogP contribution is 2.30. The molecule has 0 atom stereocenters. The van der Waals surface area contributed by atoms with E-state index in [1.807, 2.05) is 0 Å². The first kappa shape index (κ1) is 14.0. The SMILES string of the molecule is NC(N)=Nc1nc2c(s1)CN(Cc1ccccc1)CCC2. The van der Waals surface area contributed by atoms with Crippen molar-refractivity contribution in [3.8, 4) is 0 Å². The van der Waals surface area contributed by atoms with E-state index in [9.17, 15) is 0 Å². The zero-order valence-electron chi connectivity index (χ0n) is 11.8. The maximum Gasteiger partial charge on any atom is 0.212 e. The van der Waals surface area contributed by atoms with Gasteiger partial charge in [0, 0.05) is 18.0 Å². The second-order valence-electron chi connectivity index (χ2n) is 5.20. The van der Waals surface area contributed by atoms with E-state index in [4.69, 9.17) is 11.5 Å². The number of guanidine groups is 1. The molecule has 1 aromatic carbocycles. The topological polar surface area (TPSA) is 80.5 Å². The molecular formula is C15H19N5S. The molecule has 2 aromatic rings. The van der Waals surface area contributed by atoms with Crippen molar-refractivity contribution in [2.75, 3.05) is 6.54 Å². The van der Waals surface area contributed by atoms with Gasteiger partial charge in [-0.05, 0) is 24.9 Å². The number of rotatable bonds is 3. The molecule has 5 nitrogen and oxygen atoms in total. The van der Waals surface area contributed by atoms with Gasteiger partial charge in [-0.3, -0.25) is 4.90 Å². The van der Waals surface area contributed by atoms with Gasteiger partial charge in [0.25, 0.3) is 0 Å². The third-order valence-electron chi connectivity index (χ3n) is 3.50. The lowest BCUT2D eigenvalue weighted by molar-refractivity contribution is 0.263.